The molecule has 0 saturated carbocycles. The molecule has 0 saturated heterocycles. The molecule has 0 atom stereocenters. The first-order valence-electron chi connectivity index (χ1n) is 12.2. The zero-order valence-electron chi connectivity index (χ0n) is 20.9. The second-order valence-corrected chi connectivity index (χ2v) is 9.50. The van der Waals surface area contributed by atoms with Crippen molar-refractivity contribution in [3.63, 3.8) is 0 Å². The highest BCUT2D eigenvalue weighted by atomic mass is 32.1. The van der Waals surface area contributed by atoms with E-state index in [2.05, 4.69) is 17.4 Å². The molecular formula is C29H31NO5S. The van der Waals surface area contributed by atoms with Crippen LogP contribution in [-0.4, -0.2) is 32.7 Å². The van der Waals surface area contributed by atoms with Gasteiger partial charge >= 0.3 is 5.97 Å². The van der Waals surface area contributed by atoms with E-state index in [4.69, 9.17) is 14.2 Å². The quantitative estimate of drug-likeness (QED) is 0.264. The summed E-state index contributed by atoms with van der Waals surface area (Å²) in [4.78, 5) is 25.5. The van der Waals surface area contributed by atoms with Gasteiger partial charge in [-0.3, -0.25) is 4.79 Å². The number of nitrogens with one attached hydrogen (secondary N) is 1. The SMILES string of the molecule is CCCOc1ccc(/C=C/C(=O)Nc2scc(-c3ccc4c(c3)CCCC4)c2C(=O)OC)cc1OC. The predicted octanol–water partition coefficient (Wildman–Crippen LogP) is 6.53. The minimum absolute atomic E-state index is 0.343. The molecular weight excluding hydrogens is 474 g/mol. The van der Waals surface area contributed by atoms with Crippen molar-refractivity contribution in [1.82, 2.24) is 0 Å². The maximum absolute atomic E-state index is 12.7. The number of rotatable bonds is 9. The number of carbonyl (C=O) groups excluding carboxylic acids is 2. The smallest absolute Gasteiger partial charge is 0.341 e. The Morgan fingerprint density at radius 2 is 1.83 bits per heavy atom. The summed E-state index contributed by atoms with van der Waals surface area (Å²) in [5.41, 5.74) is 5.60. The number of thiophene rings is 1. The number of hydrogen-bond acceptors (Lipinski definition) is 6. The van der Waals surface area contributed by atoms with Crippen LogP contribution in [0.15, 0.2) is 47.9 Å². The monoisotopic (exact) mass is 505 g/mol. The van der Waals surface area contributed by atoms with Gasteiger partial charge in [0.2, 0.25) is 5.91 Å². The third kappa shape index (κ3) is 5.79. The van der Waals surface area contributed by atoms with E-state index in [1.54, 1.807) is 13.2 Å². The van der Waals surface area contributed by atoms with Crippen LogP contribution in [0.2, 0.25) is 0 Å². The first kappa shape index (κ1) is 25.5. The standard InChI is InChI=1S/C29H31NO5S/c1-4-15-35-24-13-9-19(16-25(24)33-2)10-14-26(31)30-28-27(29(32)34-3)23(18-36-28)22-12-11-20-7-5-6-8-21(20)17-22/h9-14,16-18H,4-8,15H2,1-3H3,(H,30,31)/b14-10+. The van der Waals surface area contributed by atoms with Crippen LogP contribution in [0.5, 0.6) is 11.5 Å². The second-order valence-electron chi connectivity index (χ2n) is 8.62. The first-order valence-corrected chi connectivity index (χ1v) is 13.0. The molecule has 0 bridgehead atoms. The Labute approximate surface area is 215 Å². The average Bonchev–Trinajstić information content (AvgIpc) is 3.33. The molecule has 1 amide bonds. The molecule has 7 heteroatoms. The summed E-state index contributed by atoms with van der Waals surface area (Å²) >= 11 is 1.31. The third-order valence-corrected chi connectivity index (χ3v) is 7.05. The molecule has 0 spiro atoms. The minimum Gasteiger partial charge on any atom is -0.493 e. The number of esters is 1. The summed E-state index contributed by atoms with van der Waals surface area (Å²) in [6, 6.07) is 11.9. The van der Waals surface area contributed by atoms with Crippen molar-refractivity contribution >= 4 is 34.3 Å². The minimum atomic E-state index is -0.476. The van der Waals surface area contributed by atoms with Crippen molar-refractivity contribution < 1.29 is 23.8 Å². The molecule has 1 aromatic heterocycles. The van der Waals surface area contributed by atoms with Crippen molar-refractivity contribution in [3.05, 3.63) is 70.1 Å². The number of hydrogen-bond donors (Lipinski definition) is 1. The fraction of sp³-hybridized carbons (Fsp3) is 0.310. The Morgan fingerprint density at radius 3 is 2.58 bits per heavy atom. The number of ether oxygens (including phenoxy) is 3. The summed E-state index contributed by atoms with van der Waals surface area (Å²) < 4.78 is 16.2. The number of aryl methyl sites for hydroxylation is 2. The normalized spacial score (nSPS) is 12.8. The second kappa shape index (κ2) is 11.9. The van der Waals surface area contributed by atoms with Gasteiger partial charge in [0.1, 0.15) is 10.6 Å². The van der Waals surface area contributed by atoms with Crippen LogP contribution in [0.3, 0.4) is 0 Å². The maximum atomic E-state index is 12.7. The van der Waals surface area contributed by atoms with Crippen LogP contribution in [0, 0.1) is 0 Å². The van der Waals surface area contributed by atoms with Crippen LogP contribution in [0.1, 0.15) is 53.2 Å². The zero-order chi connectivity index (χ0) is 25.5. The van der Waals surface area contributed by atoms with Crippen LogP contribution >= 0.6 is 11.3 Å². The molecule has 1 aliphatic rings. The summed E-state index contributed by atoms with van der Waals surface area (Å²) in [6.07, 6.45) is 8.56. The number of fused-ring (bicyclic) bond motifs is 1. The molecule has 36 heavy (non-hydrogen) atoms. The van der Waals surface area contributed by atoms with Crippen LogP contribution in [0.25, 0.3) is 17.2 Å². The Kier molecular flexibility index (Phi) is 8.44. The molecule has 188 valence electrons. The van der Waals surface area contributed by atoms with Crippen molar-refractivity contribution in [2.24, 2.45) is 0 Å². The molecule has 6 nitrogen and oxygen atoms in total. The van der Waals surface area contributed by atoms with E-state index in [1.807, 2.05) is 36.6 Å². The molecule has 3 aromatic rings. The van der Waals surface area contributed by atoms with E-state index >= 15 is 0 Å². The highest BCUT2D eigenvalue weighted by molar-refractivity contribution is 7.15. The number of anilines is 1. The Morgan fingerprint density at radius 1 is 1.03 bits per heavy atom. The molecule has 0 fully saturated rings. The van der Waals surface area contributed by atoms with Crippen LogP contribution in [0.4, 0.5) is 5.00 Å². The summed E-state index contributed by atoms with van der Waals surface area (Å²) in [6.45, 7) is 2.64. The fourth-order valence-electron chi connectivity index (χ4n) is 4.31. The van der Waals surface area contributed by atoms with Gasteiger partial charge < -0.3 is 19.5 Å². The van der Waals surface area contributed by atoms with Gasteiger partial charge in [-0.15, -0.1) is 11.3 Å². The fourth-order valence-corrected chi connectivity index (χ4v) is 5.27. The van der Waals surface area contributed by atoms with Crippen LogP contribution < -0.4 is 14.8 Å². The summed E-state index contributed by atoms with van der Waals surface area (Å²) in [5, 5.41) is 5.21. The Balaban J connectivity index is 1.54. The Bertz CT molecular complexity index is 1280. The zero-order valence-corrected chi connectivity index (χ0v) is 21.7. The predicted molar refractivity (Wildman–Crippen MR) is 144 cm³/mol. The van der Waals surface area contributed by atoms with E-state index in [1.165, 1.54) is 48.5 Å². The van der Waals surface area contributed by atoms with Gasteiger partial charge in [0.05, 0.1) is 20.8 Å². The average molecular weight is 506 g/mol. The van der Waals surface area contributed by atoms with E-state index in [-0.39, 0.29) is 5.91 Å². The molecule has 2 aromatic carbocycles. The number of methoxy groups -OCH3 is 2. The molecule has 1 heterocycles. The van der Waals surface area contributed by atoms with E-state index in [0.717, 1.165) is 36.0 Å². The van der Waals surface area contributed by atoms with Crippen molar-refractivity contribution in [2.45, 2.75) is 39.0 Å². The molecule has 1 aliphatic carbocycles. The molecule has 1 N–H and O–H groups in total. The largest absolute Gasteiger partial charge is 0.493 e. The van der Waals surface area contributed by atoms with Gasteiger partial charge in [0.15, 0.2) is 11.5 Å². The van der Waals surface area contributed by atoms with Gasteiger partial charge in [-0.1, -0.05) is 31.2 Å². The molecule has 4 rings (SSSR count). The van der Waals surface area contributed by atoms with E-state index < -0.39 is 5.97 Å². The van der Waals surface area contributed by atoms with Crippen molar-refractivity contribution in [3.8, 4) is 22.6 Å². The van der Waals surface area contributed by atoms with E-state index in [0.29, 0.717) is 28.7 Å². The lowest BCUT2D eigenvalue weighted by atomic mass is 9.89. The molecule has 0 aliphatic heterocycles. The van der Waals surface area contributed by atoms with Gasteiger partial charge in [-0.05, 0) is 72.6 Å². The van der Waals surface area contributed by atoms with Gasteiger partial charge in [0, 0.05) is 17.0 Å². The van der Waals surface area contributed by atoms with Gasteiger partial charge in [-0.2, -0.15) is 0 Å². The lowest BCUT2D eigenvalue weighted by molar-refractivity contribution is -0.111. The van der Waals surface area contributed by atoms with Crippen molar-refractivity contribution in [1.29, 1.82) is 0 Å². The maximum Gasteiger partial charge on any atom is 0.341 e. The number of amides is 1. The summed E-state index contributed by atoms with van der Waals surface area (Å²) in [7, 11) is 2.93. The Hall–Kier alpha value is -3.58. The lowest BCUT2D eigenvalue weighted by Gasteiger charge is -2.16. The molecule has 0 unspecified atom stereocenters. The van der Waals surface area contributed by atoms with Crippen molar-refractivity contribution in [2.75, 3.05) is 26.1 Å². The van der Waals surface area contributed by atoms with E-state index in [9.17, 15) is 9.59 Å². The van der Waals surface area contributed by atoms with Crippen LogP contribution in [-0.2, 0) is 22.4 Å². The molecule has 0 radical (unpaired) electrons. The third-order valence-electron chi connectivity index (χ3n) is 6.15. The highest BCUT2D eigenvalue weighted by Crippen LogP contribution is 2.38. The van der Waals surface area contributed by atoms with Gasteiger partial charge in [-0.25, -0.2) is 4.79 Å². The lowest BCUT2D eigenvalue weighted by Crippen LogP contribution is -2.11. The number of carbonyl (C=O) groups is 2. The summed E-state index contributed by atoms with van der Waals surface area (Å²) in [5.74, 6) is 0.448. The highest BCUT2D eigenvalue weighted by Gasteiger charge is 2.23. The number of benzene rings is 2. The van der Waals surface area contributed by atoms with Gasteiger partial charge in [0.25, 0.3) is 0 Å². The topological polar surface area (TPSA) is 73.9 Å². The first-order chi connectivity index (χ1) is 17.5.